The number of halogens is 1. The van der Waals surface area contributed by atoms with Crippen molar-refractivity contribution in [3.63, 3.8) is 0 Å². The second kappa shape index (κ2) is 12.6. The first-order valence-corrected chi connectivity index (χ1v) is 9.55. The zero-order valence-electron chi connectivity index (χ0n) is 15.3. The molecule has 0 spiro atoms. The van der Waals surface area contributed by atoms with Crippen LogP contribution in [0.4, 0.5) is 0 Å². The summed E-state index contributed by atoms with van der Waals surface area (Å²) in [6, 6.07) is 0. The van der Waals surface area contributed by atoms with E-state index in [2.05, 4.69) is 21.3 Å². The van der Waals surface area contributed by atoms with E-state index in [-0.39, 0.29) is 42.8 Å². The van der Waals surface area contributed by atoms with Gasteiger partial charge in [0.25, 0.3) is 11.8 Å². The molecule has 0 unspecified atom stereocenters. The lowest BCUT2D eigenvalue weighted by atomic mass is 10.3. The summed E-state index contributed by atoms with van der Waals surface area (Å²) in [6.07, 6.45) is 2.31. The van der Waals surface area contributed by atoms with Crippen molar-refractivity contribution in [3.8, 4) is 0 Å². The van der Waals surface area contributed by atoms with Crippen LogP contribution in [0.3, 0.4) is 0 Å². The zero-order valence-corrected chi connectivity index (χ0v) is 17.4. The van der Waals surface area contributed by atoms with E-state index in [0.29, 0.717) is 0 Å². The van der Waals surface area contributed by atoms with E-state index in [1.165, 1.54) is 0 Å². The second-order valence-corrected chi connectivity index (χ2v) is 6.90. The van der Waals surface area contributed by atoms with Crippen molar-refractivity contribution in [1.29, 1.82) is 0 Å². The molecular formula is C16H20IN5O7. The Kier molecular flexibility index (Phi) is 10.5. The minimum absolute atomic E-state index is 0.0120. The summed E-state index contributed by atoms with van der Waals surface area (Å²) in [5, 5.41) is 9.28. The van der Waals surface area contributed by atoms with Crippen LogP contribution in [-0.2, 0) is 33.6 Å². The van der Waals surface area contributed by atoms with Gasteiger partial charge < -0.3 is 21.3 Å². The van der Waals surface area contributed by atoms with Crippen molar-refractivity contribution < 1.29 is 33.6 Å². The van der Waals surface area contributed by atoms with Gasteiger partial charge in [0.1, 0.15) is 0 Å². The van der Waals surface area contributed by atoms with Gasteiger partial charge in [-0.15, -0.1) is 0 Å². The molecule has 4 N–H and O–H groups in total. The lowest BCUT2D eigenvalue weighted by Crippen LogP contribution is -2.45. The molecule has 0 aromatic carbocycles. The average Bonchev–Trinajstić information content (AvgIpc) is 2.99. The smallest absolute Gasteiger partial charge is 0.253 e. The van der Waals surface area contributed by atoms with E-state index < -0.39 is 42.0 Å². The van der Waals surface area contributed by atoms with Crippen LogP contribution in [-0.4, -0.2) is 76.9 Å². The van der Waals surface area contributed by atoms with Crippen molar-refractivity contribution >= 4 is 61.8 Å². The van der Waals surface area contributed by atoms with E-state index in [1.807, 2.05) is 0 Å². The summed E-state index contributed by atoms with van der Waals surface area (Å²) in [6.45, 7) is -1.04. The SMILES string of the molecule is O=C(I)CCC(=O)NCC(=O)NCC(=O)NCC(=O)NCCN1C(=O)C=CC1=O. The summed E-state index contributed by atoms with van der Waals surface area (Å²) in [4.78, 5) is 80.5. The molecule has 0 saturated heterocycles. The summed E-state index contributed by atoms with van der Waals surface area (Å²) >= 11 is 1.57. The van der Waals surface area contributed by atoms with Crippen LogP contribution in [0.15, 0.2) is 12.2 Å². The number of nitrogens with one attached hydrogen (secondary N) is 4. The topological polar surface area (TPSA) is 171 Å². The van der Waals surface area contributed by atoms with Gasteiger partial charge in [0.15, 0.2) is 3.79 Å². The maximum Gasteiger partial charge on any atom is 0.253 e. The van der Waals surface area contributed by atoms with Crippen LogP contribution in [0.2, 0.25) is 0 Å². The van der Waals surface area contributed by atoms with E-state index in [1.54, 1.807) is 22.6 Å². The molecule has 0 saturated carbocycles. The summed E-state index contributed by atoms with van der Waals surface area (Å²) in [7, 11) is 0. The Balaban J connectivity index is 2.10. The molecule has 6 amide bonds. The molecule has 0 radical (unpaired) electrons. The van der Waals surface area contributed by atoms with Gasteiger partial charge in [-0.2, -0.15) is 0 Å². The molecule has 0 aliphatic carbocycles. The van der Waals surface area contributed by atoms with Gasteiger partial charge in [-0.05, 0) is 22.6 Å². The fourth-order valence-corrected chi connectivity index (χ4v) is 2.25. The molecular weight excluding hydrogens is 501 g/mol. The first kappa shape index (κ1) is 24.2. The molecule has 1 aliphatic heterocycles. The minimum Gasteiger partial charge on any atom is -0.353 e. The number of carbonyl (C=O) groups is 7. The van der Waals surface area contributed by atoms with Crippen molar-refractivity contribution in [2.45, 2.75) is 12.8 Å². The molecule has 0 bridgehead atoms. The Morgan fingerprint density at radius 3 is 1.66 bits per heavy atom. The predicted molar refractivity (Wildman–Crippen MR) is 106 cm³/mol. The number of nitrogens with zero attached hydrogens (tertiary/aromatic N) is 1. The maximum absolute atomic E-state index is 11.6. The lowest BCUT2D eigenvalue weighted by molar-refractivity contribution is -0.137. The third-order valence-corrected chi connectivity index (χ3v) is 3.98. The minimum atomic E-state index is -0.621. The number of hydrogen-bond acceptors (Lipinski definition) is 7. The molecule has 13 heteroatoms. The number of imide groups is 1. The molecule has 0 fully saturated rings. The van der Waals surface area contributed by atoms with Crippen molar-refractivity contribution in [3.05, 3.63) is 12.2 Å². The molecule has 29 heavy (non-hydrogen) atoms. The second-order valence-electron chi connectivity index (χ2n) is 5.70. The Morgan fingerprint density at radius 2 is 1.17 bits per heavy atom. The fourth-order valence-electron chi connectivity index (χ4n) is 1.98. The van der Waals surface area contributed by atoms with E-state index in [4.69, 9.17) is 0 Å². The van der Waals surface area contributed by atoms with Crippen LogP contribution in [0.1, 0.15) is 12.8 Å². The van der Waals surface area contributed by atoms with Crippen molar-refractivity contribution in [2.24, 2.45) is 0 Å². The molecule has 0 aromatic rings. The van der Waals surface area contributed by atoms with Crippen molar-refractivity contribution in [1.82, 2.24) is 26.2 Å². The van der Waals surface area contributed by atoms with Crippen LogP contribution in [0.5, 0.6) is 0 Å². The molecule has 158 valence electrons. The van der Waals surface area contributed by atoms with Crippen LogP contribution >= 0.6 is 22.6 Å². The Bertz CT molecular complexity index is 719. The molecule has 1 heterocycles. The molecule has 1 aliphatic rings. The normalized spacial score (nSPS) is 12.5. The fraction of sp³-hybridized carbons (Fsp3) is 0.438. The summed E-state index contributed by atoms with van der Waals surface area (Å²) < 4.78 is -0.169. The van der Waals surface area contributed by atoms with E-state index in [0.717, 1.165) is 17.1 Å². The standard InChI is InChI=1S/C16H20IN5O7/c17-10(23)1-2-11(24)19-8-13(26)21-9-14(27)20-7-12(25)18-5-6-22-15(28)3-4-16(22)29/h3-4H,1-2,5-9H2,(H,18,25)(H,19,24)(H,20,27)(H,21,26). The Morgan fingerprint density at radius 1 is 0.724 bits per heavy atom. The van der Waals surface area contributed by atoms with Gasteiger partial charge in [-0.25, -0.2) is 0 Å². The third-order valence-electron chi connectivity index (χ3n) is 3.45. The van der Waals surface area contributed by atoms with E-state index in [9.17, 15) is 33.6 Å². The van der Waals surface area contributed by atoms with Gasteiger partial charge in [-0.3, -0.25) is 38.5 Å². The number of amides is 6. The number of carbonyl (C=O) groups excluding carboxylic acids is 7. The van der Waals surface area contributed by atoms with Gasteiger partial charge in [0.2, 0.25) is 23.6 Å². The molecule has 0 atom stereocenters. The Hall–Kier alpha value is -2.84. The Labute approximate surface area is 179 Å². The molecule has 1 rings (SSSR count). The highest BCUT2D eigenvalue weighted by atomic mass is 127. The number of hydrogen-bond donors (Lipinski definition) is 4. The highest BCUT2D eigenvalue weighted by Crippen LogP contribution is 2.01. The lowest BCUT2D eigenvalue weighted by Gasteiger charge is -2.14. The van der Waals surface area contributed by atoms with Crippen molar-refractivity contribution in [2.75, 3.05) is 32.7 Å². The maximum atomic E-state index is 11.6. The summed E-state index contributed by atoms with van der Waals surface area (Å²) in [5.74, 6) is -3.13. The highest BCUT2D eigenvalue weighted by molar-refractivity contribution is 14.1. The average molecular weight is 521 g/mol. The first-order chi connectivity index (χ1) is 13.7. The quantitative estimate of drug-likeness (QED) is 0.121. The van der Waals surface area contributed by atoms with Crippen LogP contribution in [0.25, 0.3) is 0 Å². The monoisotopic (exact) mass is 521 g/mol. The van der Waals surface area contributed by atoms with Crippen LogP contribution in [0, 0.1) is 0 Å². The predicted octanol–water partition coefficient (Wildman–Crippen LogP) is -2.88. The zero-order chi connectivity index (χ0) is 21.8. The van der Waals surface area contributed by atoms with E-state index >= 15 is 0 Å². The van der Waals surface area contributed by atoms with Crippen LogP contribution < -0.4 is 21.3 Å². The molecule has 12 nitrogen and oxygen atoms in total. The molecule has 0 aromatic heterocycles. The van der Waals surface area contributed by atoms with Gasteiger partial charge >= 0.3 is 0 Å². The largest absolute Gasteiger partial charge is 0.353 e. The van der Waals surface area contributed by atoms with Gasteiger partial charge in [0, 0.05) is 38.1 Å². The van der Waals surface area contributed by atoms with Gasteiger partial charge in [-0.1, -0.05) is 0 Å². The number of rotatable bonds is 12. The summed E-state index contributed by atoms with van der Waals surface area (Å²) in [5.41, 5.74) is 0. The van der Waals surface area contributed by atoms with Gasteiger partial charge in [0.05, 0.1) is 19.6 Å². The third kappa shape index (κ3) is 10.3. The highest BCUT2D eigenvalue weighted by Gasteiger charge is 2.22. The first-order valence-electron chi connectivity index (χ1n) is 8.47.